The highest BCUT2D eigenvalue weighted by molar-refractivity contribution is 9.10. The smallest absolute Gasteiger partial charge is 0.190 e. The molecule has 0 saturated carbocycles. The molecule has 2 aromatic heterocycles. The second kappa shape index (κ2) is 5.59. The zero-order valence-corrected chi connectivity index (χ0v) is 13.4. The third kappa shape index (κ3) is 2.59. The van der Waals surface area contributed by atoms with Gasteiger partial charge in [-0.25, -0.2) is 4.98 Å². The number of nitrogen functional groups attached to an aromatic ring is 1. The quantitative estimate of drug-likeness (QED) is 0.731. The second-order valence-corrected chi connectivity index (χ2v) is 5.77. The van der Waals surface area contributed by atoms with Crippen LogP contribution >= 0.6 is 39.1 Å². The monoisotopic (exact) mass is 384 g/mol. The predicted octanol–water partition coefficient (Wildman–Crippen LogP) is 3.38. The number of aromatic nitrogens is 5. The lowest BCUT2D eigenvalue weighted by atomic mass is 10.2. The maximum Gasteiger partial charge on any atom is 0.190 e. The van der Waals surface area contributed by atoms with Gasteiger partial charge < -0.3 is 5.73 Å². The van der Waals surface area contributed by atoms with Gasteiger partial charge in [-0.15, -0.1) is 5.10 Å². The third-order valence-electron chi connectivity index (χ3n) is 2.75. The molecule has 21 heavy (non-hydrogen) atoms. The van der Waals surface area contributed by atoms with Crippen molar-refractivity contribution < 1.29 is 0 Å². The lowest BCUT2D eigenvalue weighted by molar-refractivity contribution is 0.791. The summed E-state index contributed by atoms with van der Waals surface area (Å²) in [6, 6.07) is 6.99. The molecule has 2 N–H and O–H groups in total. The number of rotatable bonds is 2. The van der Waals surface area contributed by atoms with Crippen molar-refractivity contribution in [1.82, 2.24) is 25.2 Å². The van der Waals surface area contributed by atoms with Gasteiger partial charge in [0.05, 0.1) is 21.3 Å². The molecule has 3 aromatic rings. The number of nitrogens with two attached hydrogens (primary N) is 1. The largest absolute Gasteiger partial charge is 0.383 e. The Morgan fingerprint density at radius 3 is 2.86 bits per heavy atom. The zero-order chi connectivity index (χ0) is 15.0. The molecule has 0 saturated heterocycles. The van der Waals surface area contributed by atoms with E-state index in [-0.39, 0.29) is 0 Å². The first-order valence-electron chi connectivity index (χ1n) is 5.72. The molecule has 2 heterocycles. The van der Waals surface area contributed by atoms with Crippen molar-refractivity contribution in [3.63, 3.8) is 0 Å². The molecule has 0 bridgehead atoms. The minimum Gasteiger partial charge on any atom is -0.383 e. The second-order valence-electron chi connectivity index (χ2n) is 4.07. The Balaban J connectivity index is 2.22. The van der Waals surface area contributed by atoms with E-state index in [4.69, 9.17) is 28.9 Å². The fourth-order valence-corrected chi connectivity index (χ4v) is 2.51. The van der Waals surface area contributed by atoms with Crippen molar-refractivity contribution >= 4 is 44.9 Å². The Hall–Kier alpha value is -1.70. The Kier molecular flexibility index (Phi) is 3.79. The summed E-state index contributed by atoms with van der Waals surface area (Å²) >= 11 is 15.6. The molecule has 0 aliphatic rings. The first kappa shape index (κ1) is 14.2. The summed E-state index contributed by atoms with van der Waals surface area (Å²) in [5.74, 6) is 0.734. The van der Waals surface area contributed by atoms with Gasteiger partial charge >= 0.3 is 0 Å². The first-order chi connectivity index (χ1) is 10.1. The maximum atomic E-state index is 6.21. The molecule has 0 unspecified atom stereocenters. The molecule has 0 spiro atoms. The van der Waals surface area contributed by atoms with Crippen molar-refractivity contribution in [3.8, 4) is 17.1 Å². The summed E-state index contributed by atoms with van der Waals surface area (Å²) in [5.41, 5.74) is 7.04. The van der Waals surface area contributed by atoms with Crippen molar-refractivity contribution in [2.24, 2.45) is 0 Å². The number of anilines is 1. The minimum absolute atomic E-state index is 0.312. The molecular formula is C12H7BrCl2N6. The summed E-state index contributed by atoms with van der Waals surface area (Å²) in [6.07, 6.45) is 1.60. The van der Waals surface area contributed by atoms with Crippen LogP contribution in [-0.4, -0.2) is 25.2 Å². The molecule has 3 rings (SSSR count). The molecule has 0 aliphatic carbocycles. The van der Waals surface area contributed by atoms with Crippen LogP contribution in [0.3, 0.4) is 0 Å². The Labute approximate surface area is 138 Å². The van der Waals surface area contributed by atoms with Crippen LogP contribution in [0.15, 0.2) is 34.9 Å². The van der Waals surface area contributed by atoms with E-state index in [0.29, 0.717) is 32.9 Å². The van der Waals surface area contributed by atoms with Crippen LogP contribution in [0.25, 0.3) is 17.1 Å². The van der Waals surface area contributed by atoms with Crippen molar-refractivity contribution in [3.05, 3.63) is 45.0 Å². The summed E-state index contributed by atoms with van der Waals surface area (Å²) in [4.78, 5) is 4.07. The number of tetrazole rings is 1. The van der Waals surface area contributed by atoms with Gasteiger partial charge in [0.1, 0.15) is 5.82 Å². The fourth-order valence-electron chi connectivity index (χ4n) is 1.80. The topological polar surface area (TPSA) is 82.5 Å². The fraction of sp³-hybridized carbons (Fsp3) is 0. The zero-order valence-electron chi connectivity index (χ0n) is 10.3. The van der Waals surface area contributed by atoms with E-state index in [1.165, 1.54) is 4.68 Å². The number of hydrogen-bond donors (Lipinski definition) is 1. The van der Waals surface area contributed by atoms with E-state index < -0.39 is 0 Å². The molecule has 1 aromatic carbocycles. The van der Waals surface area contributed by atoms with Crippen molar-refractivity contribution in [2.45, 2.75) is 0 Å². The van der Waals surface area contributed by atoms with Gasteiger partial charge in [-0.3, -0.25) is 0 Å². The van der Waals surface area contributed by atoms with Crippen LogP contribution in [0.2, 0.25) is 10.0 Å². The molecule has 6 nitrogen and oxygen atoms in total. The molecule has 0 radical (unpaired) electrons. The Morgan fingerprint density at radius 1 is 1.24 bits per heavy atom. The van der Waals surface area contributed by atoms with Gasteiger partial charge in [0.25, 0.3) is 0 Å². The van der Waals surface area contributed by atoms with Crippen LogP contribution in [0.1, 0.15) is 0 Å². The van der Waals surface area contributed by atoms with Crippen molar-refractivity contribution in [1.29, 1.82) is 0 Å². The highest BCUT2D eigenvalue weighted by Gasteiger charge is 2.17. The summed E-state index contributed by atoms with van der Waals surface area (Å²) < 4.78 is 2.23. The van der Waals surface area contributed by atoms with Gasteiger partial charge in [-0.2, -0.15) is 4.68 Å². The van der Waals surface area contributed by atoms with Crippen LogP contribution in [0.4, 0.5) is 5.82 Å². The van der Waals surface area contributed by atoms with Crippen LogP contribution in [-0.2, 0) is 0 Å². The third-order valence-corrected chi connectivity index (χ3v) is 4.00. The van der Waals surface area contributed by atoms with Crippen molar-refractivity contribution in [2.75, 3.05) is 5.73 Å². The van der Waals surface area contributed by atoms with Crippen LogP contribution in [0, 0.1) is 0 Å². The Morgan fingerprint density at radius 2 is 2.05 bits per heavy atom. The molecule has 0 fully saturated rings. The van der Waals surface area contributed by atoms with Gasteiger partial charge in [0, 0.05) is 10.7 Å². The predicted molar refractivity (Wildman–Crippen MR) is 84.5 cm³/mol. The molecule has 0 amide bonds. The number of benzene rings is 1. The van der Waals surface area contributed by atoms with Gasteiger partial charge in [0.2, 0.25) is 0 Å². The normalized spacial score (nSPS) is 10.8. The molecular weight excluding hydrogens is 379 g/mol. The lowest BCUT2D eigenvalue weighted by Gasteiger charge is -2.09. The van der Waals surface area contributed by atoms with Crippen LogP contribution in [0.5, 0.6) is 0 Å². The molecule has 9 heteroatoms. The summed E-state index contributed by atoms with van der Waals surface area (Å²) in [5, 5.41) is 12.4. The average Bonchev–Trinajstić information content (AvgIpc) is 2.93. The van der Waals surface area contributed by atoms with Crippen LogP contribution < -0.4 is 5.73 Å². The number of pyridine rings is 1. The van der Waals surface area contributed by atoms with E-state index in [2.05, 4.69) is 36.4 Å². The highest BCUT2D eigenvalue weighted by atomic mass is 79.9. The number of nitrogens with zero attached hydrogens (tertiary/aromatic N) is 5. The summed E-state index contributed by atoms with van der Waals surface area (Å²) in [6.45, 7) is 0. The highest BCUT2D eigenvalue weighted by Crippen LogP contribution is 2.32. The summed E-state index contributed by atoms with van der Waals surface area (Å²) in [7, 11) is 0. The minimum atomic E-state index is 0.312. The maximum absolute atomic E-state index is 6.21. The van der Waals surface area contributed by atoms with E-state index in [0.717, 1.165) is 4.47 Å². The Bertz CT molecular complexity index is 803. The molecule has 0 aliphatic heterocycles. The average molecular weight is 386 g/mol. The SMILES string of the molecule is Nc1ncc(Br)cc1-c1nnnn1-c1cccc(Cl)c1Cl. The number of hydrogen-bond acceptors (Lipinski definition) is 5. The lowest BCUT2D eigenvalue weighted by Crippen LogP contribution is -2.03. The van der Waals surface area contributed by atoms with E-state index in [1.54, 1.807) is 30.5 Å². The van der Waals surface area contributed by atoms with Gasteiger partial charge in [-0.05, 0) is 44.6 Å². The van der Waals surface area contributed by atoms with E-state index in [1.807, 2.05) is 0 Å². The van der Waals surface area contributed by atoms with E-state index in [9.17, 15) is 0 Å². The number of halogens is 3. The van der Waals surface area contributed by atoms with Gasteiger partial charge in [0.15, 0.2) is 5.82 Å². The molecule has 106 valence electrons. The van der Waals surface area contributed by atoms with E-state index >= 15 is 0 Å². The standard InChI is InChI=1S/C12H7BrCl2N6/c13-6-4-7(11(16)17-5-6)12-18-19-20-21(12)9-3-1-2-8(14)10(9)15/h1-5H,(H2,16,17). The first-order valence-corrected chi connectivity index (χ1v) is 7.27. The molecule has 0 atom stereocenters. The van der Waals surface area contributed by atoms with Gasteiger partial charge in [-0.1, -0.05) is 29.3 Å².